The molecule has 117 valence electrons. The fourth-order valence-corrected chi connectivity index (χ4v) is 0.914. The third kappa shape index (κ3) is 8.65. The van der Waals surface area contributed by atoms with Gasteiger partial charge in [0.15, 0.2) is 0 Å². The smallest absolute Gasteiger partial charge is 0.427 e. The van der Waals surface area contributed by atoms with Crippen LogP contribution in [0.4, 0.5) is 36.4 Å². The van der Waals surface area contributed by atoms with Gasteiger partial charge in [-0.2, -0.15) is 17.6 Å². The van der Waals surface area contributed by atoms with E-state index < -0.39 is 18.3 Å². The minimum Gasteiger partial charge on any atom is -0.427 e. The lowest BCUT2D eigenvalue weighted by molar-refractivity contribution is -0.254. The number of halogens is 9. The van der Waals surface area contributed by atoms with Gasteiger partial charge in [-0.3, -0.25) is 18.8 Å². The normalized spacial score (nSPS) is 8.68. The highest BCUT2D eigenvalue weighted by molar-refractivity contribution is 7.80. The van der Waals surface area contributed by atoms with E-state index in [0.717, 1.165) is 6.07 Å². The molecule has 0 atom stereocenters. The lowest BCUT2D eigenvalue weighted by atomic mass is 10.3. The first-order chi connectivity index (χ1) is 6.43. The standard InChI is InChI=1S/C8H5F4OS.ClH.4FH/c9-7(10)8(11,12)13-5-3-1-2-4-6(5)14;;;;;/h1-4,7H;5*1H. The fraction of sp³-hybridized carbons (Fsp3) is 0.250. The minimum absolute atomic E-state index is 0. The monoisotopic (exact) mass is 341 g/mol. The van der Waals surface area contributed by atoms with Gasteiger partial charge >= 0.3 is 12.5 Å². The molecule has 0 aliphatic carbocycles. The first kappa shape index (κ1) is 30.8. The molecule has 1 aromatic rings. The van der Waals surface area contributed by atoms with Gasteiger partial charge < -0.3 is 4.74 Å². The quantitative estimate of drug-likeness (QED) is 0.735. The lowest BCUT2D eigenvalue weighted by Gasteiger charge is -2.17. The van der Waals surface area contributed by atoms with E-state index in [0.29, 0.717) is 0 Å². The maximum Gasteiger partial charge on any atom is 0.461 e. The van der Waals surface area contributed by atoms with Crippen molar-refractivity contribution in [3.05, 3.63) is 24.3 Å². The SMILES string of the molecule is Cl.F.F.F.F.FC(F)C(F)(F)Oc1ccccc1[S]. The Morgan fingerprint density at radius 1 is 1.00 bits per heavy atom. The van der Waals surface area contributed by atoms with E-state index in [1.807, 2.05) is 0 Å². The number of hydrogen-bond donors (Lipinski definition) is 0. The molecule has 1 rings (SSSR count). The number of ether oxygens (including phenoxy) is 1. The summed E-state index contributed by atoms with van der Waals surface area (Å²) < 4.78 is 52.0. The Bertz CT molecular complexity index is 327. The number of para-hydroxylation sites is 1. The van der Waals surface area contributed by atoms with Crippen LogP contribution in [0.2, 0.25) is 0 Å². The van der Waals surface area contributed by atoms with Crippen LogP contribution in [0.3, 0.4) is 0 Å². The van der Waals surface area contributed by atoms with E-state index in [2.05, 4.69) is 17.4 Å². The summed E-state index contributed by atoms with van der Waals surface area (Å²) in [4.78, 5) is -0.0344. The van der Waals surface area contributed by atoms with Gasteiger partial charge in [0.25, 0.3) is 0 Å². The van der Waals surface area contributed by atoms with Crippen molar-refractivity contribution in [2.75, 3.05) is 0 Å². The zero-order valence-corrected chi connectivity index (χ0v) is 10.4. The topological polar surface area (TPSA) is 9.23 Å². The maximum atomic E-state index is 12.4. The van der Waals surface area contributed by atoms with E-state index in [-0.39, 0.29) is 36.1 Å². The average Bonchev–Trinajstić information content (AvgIpc) is 2.08. The fourth-order valence-electron chi connectivity index (χ4n) is 0.726. The first-order valence-electron chi connectivity index (χ1n) is 3.54. The Morgan fingerprint density at radius 3 is 1.79 bits per heavy atom. The van der Waals surface area contributed by atoms with Crippen LogP contribution in [-0.2, 0) is 0 Å². The van der Waals surface area contributed by atoms with Gasteiger partial charge in [-0.15, -0.1) is 12.4 Å². The Morgan fingerprint density at radius 2 is 1.42 bits per heavy atom. The number of alkyl halides is 4. The summed E-state index contributed by atoms with van der Waals surface area (Å²) in [5, 5.41) is 0. The van der Waals surface area contributed by atoms with E-state index >= 15 is 0 Å². The van der Waals surface area contributed by atoms with E-state index in [1.54, 1.807) is 0 Å². The zero-order valence-electron chi connectivity index (χ0n) is 8.76. The predicted molar refractivity (Wildman–Crippen MR) is 61.1 cm³/mol. The number of rotatable bonds is 3. The van der Waals surface area contributed by atoms with Crippen molar-refractivity contribution in [3.8, 4) is 5.75 Å². The molecule has 0 N–H and O–H groups in total. The molecule has 1 radical (unpaired) electrons. The van der Waals surface area contributed by atoms with Crippen LogP contribution in [0.25, 0.3) is 0 Å². The summed E-state index contributed by atoms with van der Waals surface area (Å²) in [6, 6.07) is 5.28. The Kier molecular flexibility index (Phi) is 19.5. The van der Waals surface area contributed by atoms with Crippen molar-refractivity contribution >= 4 is 25.0 Å². The maximum absolute atomic E-state index is 12.4. The molecular weight excluding hydrogens is 332 g/mol. The molecule has 0 fully saturated rings. The summed E-state index contributed by atoms with van der Waals surface area (Å²) in [7, 11) is 0. The first-order valence-corrected chi connectivity index (χ1v) is 3.95. The van der Waals surface area contributed by atoms with E-state index in [9.17, 15) is 17.6 Å². The molecule has 11 heteroatoms. The van der Waals surface area contributed by atoms with Crippen LogP contribution in [0.1, 0.15) is 0 Å². The molecular formula is C8H10ClF8OS. The number of benzene rings is 1. The van der Waals surface area contributed by atoms with Gasteiger partial charge in [0.1, 0.15) is 5.75 Å². The molecule has 1 aromatic carbocycles. The zero-order chi connectivity index (χ0) is 10.8. The Labute approximate surface area is 114 Å². The molecule has 0 aliphatic rings. The second-order valence-electron chi connectivity index (χ2n) is 2.41. The van der Waals surface area contributed by atoms with Crippen molar-refractivity contribution in [1.29, 1.82) is 0 Å². The average molecular weight is 342 g/mol. The molecule has 0 heterocycles. The molecule has 0 bridgehead atoms. The summed E-state index contributed by atoms with van der Waals surface area (Å²) in [5.74, 6) is -0.423. The second-order valence-corrected chi connectivity index (χ2v) is 2.85. The Hall–Kier alpha value is -1.03. The molecule has 0 saturated heterocycles. The van der Waals surface area contributed by atoms with Crippen LogP contribution >= 0.6 is 25.0 Å². The summed E-state index contributed by atoms with van der Waals surface area (Å²) in [6.07, 6.45) is -8.38. The molecule has 0 saturated carbocycles. The van der Waals surface area contributed by atoms with E-state index in [4.69, 9.17) is 0 Å². The Balaban J connectivity index is -0.000000131. The second kappa shape index (κ2) is 12.0. The largest absolute Gasteiger partial charge is 0.461 e. The lowest BCUT2D eigenvalue weighted by Crippen LogP contribution is -2.33. The van der Waals surface area contributed by atoms with Crippen molar-refractivity contribution in [2.24, 2.45) is 0 Å². The molecule has 0 spiro atoms. The van der Waals surface area contributed by atoms with Crippen LogP contribution in [0.5, 0.6) is 5.75 Å². The predicted octanol–water partition coefficient (Wildman–Crippen LogP) is 4.51. The molecule has 0 aromatic heterocycles. The van der Waals surface area contributed by atoms with Crippen LogP contribution in [0, 0.1) is 0 Å². The van der Waals surface area contributed by atoms with Crippen molar-refractivity contribution < 1.29 is 41.1 Å². The third-order valence-corrected chi connectivity index (χ3v) is 1.69. The van der Waals surface area contributed by atoms with Gasteiger partial charge in [-0.25, -0.2) is 0 Å². The van der Waals surface area contributed by atoms with E-state index in [1.165, 1.54) is 18.2 Å². The molecule has 0 aliphatic heterocycles. The molecule has 1 nitrogen and oxygen atoms in total. The molecule has 0 unspecified atom stereocenters. The van der Waals surface area contributed by atoms with Crippen LogP contribution in [0.15, 0.2) is 29.2 Å². The number of hydrogen-bond acceptors (Lipinski definition) is 1. The van der Waals surface area contributed by atoms with Gasteiger partial charge in [-0.1, -0.05) is 24.8 Å². The van der Waals surface area contributed by atoms with Gasteiger partial charge in [0.2, 0.25) is 0 Å². The summed E-state index contributed by atoms with van der Waals surface area (Å²) in [6.45, 7) is 0. The highest BCUT2D eigenvalue weighted by atomic mass is 35.5. The van der Waals surface area contributed by atoms with Crippen LogP contribution < -0.4 is 4.74 Å². The summed E-state index contributed by atoms with van der Waals surface area (Å²) >= 11 is 4.60. The van der Waals surface area contributed by atoms with Crippen molar-refractivity contribution in [2.45, 2.75) is 17.4 Å². The highest BCUT2D eigenvalue weighted by Gasteiger charge is 2.44. The third-order valence-electron chi connectivity index (χ3n) is 1.35. The minimum atomic E-state index is -4.51. The molecule has 0 amide bonds. The van der Waals surface area contributed by atoms with Gasteiger partial charge in [0, 0.05) is 0 Å². The van der Waals surface area contributed by atoms with Crippen molar-refractivity contribution in [3.63, 3.8) is 0 Å². The van der Waals surface area contributed by atoms with Crippen LogP contribution in [-0.4, -0.2) is 12.5 Å². The highest BCUT2D eigenvalue weighted by Crippen LogP contribution is 2.30. The van der Waals surface area contributed by atoms with Gasteiger partial charge in [-0.05, 0) is 12.1 Å². The molecule has 19 heavy (non-hydrogen) atoms. The van der Waals surface area contributed by atoms with Crippen molar-refractivity contribution in [1.82, 2.24) is 0 Å². The summed E-state index contributed by atoms with van der Waals surface area (Å²) in [5.41, 5.74) is 0. The van der Waals surface area contributed by atoms with Gasteiger partial charge in [0.05, 0.1) is 4.90 Å².